The smallest absolute Gasteiger partial charge is 0.337 e. The summed E-state index contributed by atoms with van der Waals surface area (Å²) in [4.78, 5) is 21.4. The molecule has 0 saturated heterocycles. The fraction of sp³-hybridized carbons (Fsp3) is 0.0870. The van der Waals surface area contributed by atoms with Gasteiger partial charge < -0.3 is 10.1 Å². The predicted molar refractivity (Wildman–Crippen MR) is 118 cm³/mol. The van der Waals surface area contributed by atoms with Gasteiger partial charge in [0, 0.05) is 28.4 Å². The maximum absolute atomic E-state index is 11.5. The molecule has 2 N–H and O–H groups in total. The van der Waals surface area contributed by atoms with E-state index in [2.05, 4.69) is 64.5 Å². The number of aryl methyl sites for hydroxylation is 2. The number of carboxylic acid groups (broad SMARTS) is 1. The van der Waals surface area contributed by atoms with Crippen molar-refractivity contribution in [2.24, 2.45) is 7.05 Å². The van der Waals surface area contributed by atoms with Crippen LogP contribution in [-0.2, 0) is 7.05 Å². The Balaban J connectivity index is 1.58. The molecule has 0 aliphatic carbocycles. The Morgan fingerprint density at radius 2 is 1.80 bits per heavy atom. The summed E-state index contributed by atoms with van der Waals surface area (Å²) in [5.74, 6) is -0.983. The van der Waals surface area contributed by atoms with Crippen LogP contribution in [0.2, 0.25) is 0 Å². The number of aromatic amines is 1. The van der Waals surface area contributed by atoms with Crippen molar-refractivity contribution in [2.45, 2.75) is 16.7 Å². The topological polar surface area (TPSA) is 83.8 Å². The Hall–Kier alpha value is -3.58. The van der Waals surface area contributed by atoms with Crippen molar-refractivity contribution in [1.29, 1.82) is 0 Å². The van der Waals surface area contributed by atoms with E-state index in [0.29, 0.717) is 11.0 Å². The molecular weight excluding hydrogens is 396 g/mol. The summed E-state index contributed by atoms with van der Waals surface area (Å²) in [6, 6.07) is 18.0. The highest BCUT2D eigenvalue weighted by Gasteiger charge is 2.17. The molecule has 0 fully saturated rings. The number of hydrogen-bond acceptors (Lipinski definition) is 4. The fourth-order valence-corrected chi connectivity index (χ4v) is 4.49. The van der Waals surface area contributed by atoms with Gasteiger partial charge in [0.2, 0.25) is 0 Å². The average Bonchev–Trinajstić information content (AvgIpc) is 3.28. The highest BCUT2D eigenvalue weighted by Crippen LogP contribution is 2.34. The number of fused-ring (bicyclic) bond motifs is 2. The first-order valence-corrected chi connectivity index (χ1v) is 10.2. The molecule has 0 spiro atoms. The Bertz CT molecular complexity index is 1420. The molecule has 3 aromatic heterocycles. The molecule has 0 unspecified atom stereocenters. The normalized spacial score (nSPS) is 11.4. The number of hydrogen-bond donors (Lipinski definition) is 2. The van der Waals surface area contributed by atoms with E-state index >= 15 is 0 Å². The first-order valence-electron chi connectivity index (χ1n) is 9.42. The molecule has 148 valence electrons. The number of nitrogens with zero attached hydrogens (tertiary/aromatic N) is 3. The van der Waals surface area contributed by atoms with Gasteiger partial charge in [-0.15, -0.1) is 0 Å². The third-order valence-corrected chi connectivity index (χ3v) is 6.07. The van der Waals surface area contributed by atoms with Gasteiger partial charge in [0.1, 0.15) is 0 Å². The summed E-state index contributed by atoms with van der Waals surface area (Å²) in [6.45, 7) is 2.08. The Morgan fingerprint density at radius 1 is 1.03 bits per heavy atom. The van der Waals surface area contributed by atoms with Crippen LogP contribution in [-0.4, -0.2) is 30.8 Å². The summed E-state index contributed by atoms with van der Waals surface area (Å²) in [5.41, 5.74) is 5.14. The fourth-order valence-electron chi connectivity index (χ4n) is 3.64. The molecule has 0 saturated carbocycles. The lowest BCUT2D eigenvalue weighted by atomic mass is 10.1. The highest BCUT2D eigenvalue weighted by atomic mass is 32.2. The number of carboxylic acids is 1. The Kier molecular flexibility index (Phi) is 4.33. The van der Waals surface area contributed by atoms with Gasteiger partial charge in [0.15, 0.2) is 0 Å². The zero-order valence-corrected chi connectivity index (χ0v) is 17.2. The summed E-state index contributed by atoms with van der Waals surface area (Å²) in [7, 11) is 1.89. The average molecular weight is 414 g/mol. The quantitative estimate of drug-likeness (QED) is 0.418. The lowest BCUT2D eigenvalue weighted by Gasteiger charge is -2.03. The van der Waals surface area contributed by atoms with Gasteiger partial charge in [0.25, 0.3) is 0 Å². The molecule has 3 heterocycles. The van der Waals surface area contributed by atoms with Crippen molar-refractivity contribution in [3.63, 3.8) is 0 Å². The predicted octanol–water partition coefficient (Wildman–Crippen LogP) is 5.27. The van der Waals surface area contributed by atoms with Crippen molar-refractivity contribution in [3.05, 3.63) is 71.9 Å². The Morgan fingerprint density at radius 3 is 2.57 bits per heavy atom. The third kappa shape index (κ3) is 3.13. The standard InChI is InChI=1S/C23H18N4O2S/c1-13-3-5-14(6-4-13)30-15-7-8-16-18(11-15)26-27(2)22(16)20-12-19-21(25-20)17(23(28)29)9-10-24-19/h3-12,25H,1-2H3,(H,28,29). The molecule has 30 heavy (non-hydrogen) atoms. The van der Waals surface area contributed by atoms with Gasteiger partial charge in [0.05, 0.1) is 33.5 Å². The number of aromatic carboxylic acids is 1. The van der Waals surface area contributed by atoms with Crippen LogP contribution >= 0.6 is 11.8 Å². The van der Waals surface area contributed by atoms with E-state index < -0.39 is 5.97 Å². The number of aromatic nitrogens is 4. The van der Waals surface area contributed by atoms with E-state index in [1.165, 1.54) is 22.7 Å². The van der Waals surface area contributed by atoms with Crippen molar-refractivity contribution < 1.29 is 9.90 Å². The minimum absolute atomic E-state index is 0.203. The van der Waals surface area contributed by atoms with Crippen LogP contribution in [0.4, 0.5) is 0 Å². The maximum Gasteiger partial charge on any atom is 0.337 e. The summed E-state index contributed by atoms with van der Waals surface area (Å²) in [6.07, 6.45) is 1.51. The first-order chi connectivity index (χ1) is 14.5. The van der Waals surface area contributed by atoms with E-state index in [4.69, 9.17) is 0 Å². The molecule has 0 amide bonds. The molecule has 0 atom stereocenters. The van der Waals surface area contributed by atoms with Crippen LogP contribution in [0.1, 0.15) is 15.9 Å². The van der Waals surface area contributed by atoms with Gasteiger partial charge in [-0.1, -0.05) is 29.5 Å². The van der Waals surface area contributed by atoms with Crippen LogP contribution in [0.5, 0.6) is 0 Å². The second kappa shape index (κ2) is 7.03. The summed E-state index contributed by atoms with van der Waals surface area (Å²) >= 11 is 1.70. The van der Waals surface area contributed by atoms with Crippen LogP contribution in [0.25, 0.3) is 33.3 Å². The molecule has 0 aliphatic heterocycles. The zero-order chi connectivity index (χ0) is 20.8. The summed E-state index contributed by atoms with van der Waals surface area (Å²) < 4.78 is 1.82. The van der Waals surface area contributed by atoms with Gasteiger partial charge in [-0.25, -0.2) is 4.79 Å². The number of benzene rings is 2. The molecule has 0 aliphatic rings. The van der Waals surface area contributed by atoms with Gasteiger partial charge in [-0.3, -0.25) is 9.67 Å². The lowest BCUT2D eigenvalue weighted by Crippen LogP contribution is -1.98. The molecule has 2 aromatic carbocycles. The van der Waals surface area contributed by atoms with Crippen LogP contribution in [0.15, 0.2) is 70.6 Å². The molecule has 5 rings (SSSR count). The number of pyridine rings is 1. The largest absolute Gasteiger partial charge is 0.478 e. The number of rotatable bonds is 4. The maximum atomic E-state index is 11.5. The van der Waals surface area contributed by atoms with E-state index in [1.807, 2.05) is 17.8 Å². The van der Waals surface area contributed by atoms with Crippen LogP contribution < -0.4 is 0 Å². The van der Waals surface area contributed by atoms with Crippen molar-refractivity contribution in [1.82, 2.24) is 19.7 Å². The van der Waals surface area contributed by atoms with Gasteiger partial charge in [-0.05, 0) is 49.4 Å². The molecule has 6 nitrogen and oxygen atoms in total. The van der Waals surface area contributed by atoms with Gasteiger partial charge >= 0.3 is 5.97 Å². The van der Waals surface area contributed by atoms with Crippen molar-refractivity contribution in [3.8, 4) is 11.4 Å². The highest BCUT2D eigenvalue weighted by molar-refractivity contribution is 7.99. The number of H-pyrrole nitrogens is 1. The third-order valence-electron chi connectivity index (χ3n) is 5.07. The van der Waals surface area contributed by atoms with Crippen molar-refractivity contribution >= 4 is 39.7 Å². The Labute approximate surface area is 176 Å². The minimum Gasteiger partial charge on any atom is -0.478 e. The van der Waals surface area contributed by atoms with E-state index in [9.17, 15) is 9.90 Å². The zero-order valence-electron chi connectivity index (χ0n) is 16.4. The van der Waals surface area contributed by atoms with E-state index in [-0.39, 0.29) is 5.56 Å². The monoisotopic (exact) mass is 414 g/mol. The second-order valence-electron chi connectivity index (χ2n) is 7.17. The molecule has 0 radical (unpaired) electrons. The molecule has 7 heteroatoms. The SMILES string of the molecule is Cc1ccc(Sc2ccc3c(-c4cc5nccc(C(=O)O)c5[nH]4)n(C)nc3c2)cc1. The lowest BCUT2D eigenvalue weighted by molar-refractivity contribution is 0.0698. The molecule has 5 aromatic rings. The second-order valence-corrected chi connectivity index (χ2v) is 8.32. The van der Waals surface area contributed by atoms with Crippen LogP contribution in [0, 0.1) is 6.92 Å². The number of nitrogens with one attached hydrogen (secondary N) is 1. The first kappa shape index (κ1) is 18.4. The van der Waals surface area contributed by atoms with E-state index in [0.717, 1.165) is 27.2 Å². The minimum atomic E-state index is -0.983. The molecule has 0 bridgehead atoms. The van der Waals surface area contributed by atoms with E-state index in [1.54, 1.807) is 11.8 Å². The van der Waals surface area contributed by atoms with Crippen LogP contribution in [0.3, 0.4) is 0 Å². The summed E-state index contributed by atoms with van der Waals surface area (Å²) in [5, 5.41) is 15.1. The number of carbonyl (C=O) groups is 1. The van der Waals surface area contributed by atoms with Crippen molar-refractivity contribution in [2.75, 3.05) is 0 Å². The van der Waals surface area contributed by atoms with Gasteiger partial charge in [-0.2, -0.15) is 5.10 Å². The molecular formula is C23H18N4O2S.